The van der Waals surface area contributed by atoms with Gasteiger partial charge in [0.2, 0.25) is 0 Å². The van der Waals surface area contributed by atoms with E-state index in [0.717, 1.165) is 0 Å². The van der Waals surface area contributed by atoms with Crippen molar-refractivity contribution in [1.82, 2.24) is 10.2 Å². The van der Waals surface area contributed by atoms with E-state index in [1.165, 1.54) is 45.4 Å². The van der Waals surface area contributed by atoms with E-state index in [1.54, 1.807) is 0 Å². The molecule has 2 fully saturated rings. The Labute approximate surface area is 88.1 Å². The summed E-state index contributed by atoms with van der Waals surface area (Å²) in [5.74, 6) is 0. The summed E-state index contributed by atoms with van der Waals surface area (Å²) in [6.45, 7) is 12.2. The van der Waals surface area contributed by atoms with Crippen molar-refractivity contribution in [1.29, 1.82) is 0 Å². The molecule has 1 N–H and O–H groups in total. The van der Waals surface area contributed by atoms with Crippen LogP contribution < -0.4 is 5.32 Å². The number of nitrogens with one attached hydrogen (secondary N) is 1. The molecular weight excluding hydrogens is 172 g/mol. The van der Waals surface area contributed by atoms with Gasteiger partial charge in [0.25, 0.3) is 0 Å². The lowest BCUT2D eigenvalue weighted by Gasteiger charge is -2.58. The SMILES string of the molecule is CCC(C)(C)N1CC2(CCNCC2)C1. The average Bonchev–Trinajstić information content (AvgIpc) is 2.15. The Hall–Kier alpha value is -0.0800. The standard InChI is InChI=1S/C12H24N2/c1-4-11(2,3)14-9-12(10-14)5-7-13-8-6-12/h13H,4-10H2,1-3H3. The van der Waals surface area contributed by atoms with Gasteiger partial charge in [0.15, 0.2) is 0 Å². The second-order valence-corrected chi connectivity index (χ2v) is 5.77. The maximum Gasteiger partial charge on any atom is 0.0151 e. The van der Waals surface area contributed by atoms with E-state index in [1.807, 2.05) is 0 Å². The van der Waals surface area contributed by atoms with Gasteiger partial charge < -0.3 is 5.32 Å². The number of hydrogen-bond donors (Lipinski definition) is 1. The smallest absolute Gasteiger partial charge is 0.0151 e. The molecule has 2 aliphatic rings. The molecule has 2 saturated heterocycles. The lowest BCUT2D eigenvalue weighted by Crippen LogP contribution is -2.65. The van der Waals surface area contributed by atoms with Gasteiger partial charge in [0.05, 0.1) is 0 Å². The molecule has 82 valence electrons. The first-order valence-electron chi connectivity index (χ1n) is 6.04. The molecule has 0 unspecified atom stereocenters. The molecule has 1 spiro atoms. The molecule has 2 heteroatoms. The highest BCUT2D eigenvalue weighted by molar-refractivity contribution is 5.02. The van der Waals surface area contributed by atoms with Crippen LogP contribution in [0.5, 0.6) is 0 Å². The third-order valence-electron chi connectivity index (χ3n) is 4.44. The minimum Gasteiger partial charge on any atom is -0.317 e. The molecular formula is C12H24N2. The fourth-order valence-corrected chi connectivity index (χ4v) is 2.69. The predicted octanol–water partition coefficient (Wildman–Crippen LogP) is 1.86. The number of rotatable bonds is 2. The van der Waals surface area contributed by atoms with E-state index in [0.29, 0.717) is 11.0 Å². The Morgan fingerprint density at radius 2 is 1.79 bits per heavy atom. The zero-order valence-corrected chi connectivity index (χ0v) is 9.90. The van der Waals surface area contributed by atoms with Gasteiger partial charge in [-0.15, -0.1) is 0 Å². The second-order valence-electron chi connectivity index (χ2n) is 5.77. The summed E-state index contributed by atoms with van der Waals surface area (Å²) in [4.78, 5) is 2.66. The minimum atomic E-state index is 0.427. The van der Waals surface area contributed by atoms with Crippen molar-refractivity contribution >= 4 is 0 Å². The van der Waals surface area contributed by atoms with Crippen molar-refractivity contribution in [3.8, 4) is 0 Å². The molecule has 2 heterocycles. The van der Waals surface area contributed by atoms with Gasteiger partial charge in [0.1, 0.15) is 0 Å². The number of piperidine rings is 1. The average molecular weight is 196 g/mol. The van der Waals surface area contributed by atoms with E-state index in [2.05, 4.69) is 31.0 Å². The van der Waals surface area contributed by atoms with Gasteiger partial charge in [0, 0.05) is 18.6 Å². The first kappa shape index (κ1) is 10.4. The fraction of sp³-hybridized carbons (Fsp3) is 1.00. The van der Waals surface area contributed by atoms with E-state index in [-0.39, 0.29) is 0 Å². The van der Waals surface area contributed by atoms with Crippen molar-refractivity contribution in [3.05, 3.63) is 0 Å². The van der Waals surface area contributed by atoms with Gasteiger partial charge in [-0.05, 0) is 51.6 Å². The van der Waals surface area contributed by atoms with Crippen LogP contribution >= 0.6 is 0 Å². The van der Waals surface area contributed by atoms with Crippen LogP contribution in [-0.4, -0.2) is 36.6 Å². The van der Waals surface area contributed by atoms with Crippen LogP contribution in [0.15, 0.2) is 0 Å². The summed E-state index contributed by atoms with van der Waals surface area (Å²) < 4.78 is 0. The number of likely N-dealkylation sites (tertiary alicyclic amines) is 1. The zero-order valence-electron chi connectivity index (χ0n) is 9.90. The molecule has 14 heavy (non-hydrogen) atoms. The molecule has 0 aliphatic carbocycles. The van der Waals surface area contributed by atoms with Gasteiger partial charge in [-0.3, -0.25) is 4.90 Å². The normalized spacial score (nSPS) is 27.6. The maximum atomic E-state index is 3.46. The van der Waals surface area contributed by atoms with Crippen LogP contribution in [0.2, 0.25) is 0 Å². The topological polar surface area (TPSA) is 15.3 Å². The molecule has 2 nitrogen and oxygen atoms in total. The highest BCUT2D eigenvalue weighted by atomic mass is 15.3. The van der Waals surface area contributed by atoms with Crippen LogP contribution in [-0.2, 0) is 0 Å². The van der Waals surface area contributed by atoms with E-state index in [9.17, 15) is 0 Å². The zero-order chi connectivity index (χ0) is 10.2. The molecule has 0 bridgehead atoms. The maximum absolute atomic E-state index is 3.46. The Bertz CT molecular complexity index is 196. The van der Waals surface area contributed by atoms with Gasteiger partial charge >= 0.3 is 0 Å². The van der Waals surface area contributed by atoms with Gasteiger partial charge in [-0.25, -0.2) is 0 Å². The summed E-state index contributed by atoms with van der Waals surface area (Å²) in [7, 11) is 0. The molecule has 0 saturated carbocycles. The number of hydrogen-bond acceptors (Lipinski definition) is 2. The lowest BCUT2D eigenvalue weighted by atomic mass is 9.70. The fourth-order valence-electron chi connectivity index (χ4n) is 2.69. The molecule has 0 aromatic rings. The Kier molecular flexibility index (Phi) is 2.61. The summed E-state index contributed by atoms with van der Waals surface area (Å²) in [5.41, 5.74) is 1.12. The van der Waals surface area contributed by atoms with E-state index in [4.69, 9.17) is 0 Å². The Balaban J connectivity index is 1.88. The molecule has 2 rings (SSSR count). The van der Waals surface area contributed by atoms with Crippen LogP contribution in [0.25, 0.3) is 0 Å². The van der Waals surface area contributed by atoms with Crippen molar-refractivity contribution in [2.45, 2.75) is 45.6 Å². The molecule has 0 atom stereocenters. The van der Waals surface area contributed by atoms with Crippen LogP contribution in [0.1, 0.15) is 40.0 Å². The van der Waals surface area contributed by atoms with Crippen LogP contribution in [0.3, 0.4) is 0 Å². The monoisotopic (exact) mass is 196 g/mol. The van der Waals surface area contributed by atoms with Crippen molar-refractivity contribution < 1.29 is 0 Å². The summed E-state index contributed by atoms with van der Waals surface area (Å²) in [5, 5.41) is 3.46. The Morgan fingerprint density at radius 1 is 1.21 bits per heavy atom. The molecule has 0 amide bonds. The van der Waals surface area contributed by atoms with Crippen LogP contribution in [0, 0.1) is 5.41 Å². The first-order valence-corrected chi connectivity index (χ1v) is 6.04. The lowest BCUT2D eigenvalue weighted by molar-refractivity contribution is -0.0820. The molecule has 0 radical (unpaired) electrons. The van der Waals surface area contributed by atoms with Crippen molar-refractivity contribution in [3.63, 3.8) is 0 Å². The second kappa shape index (κ2) is 3.49. The largest absolute Gasteiger partial charge is 0.317 e. The first-order chi connectivity index (χ1) is 6.58. The molecule has 0 aromatic heterocycles. The highest BCUT2D eigenvalue weighted by Crippen LogP contribution is 2.42. The number of nitrogens with zero attached hydrogens (tertiary/aromatic N) is 1. The minimum absolute atomic E-state index is 0.427. The summed E-state index contributed by atoms with van der Waals surface area (Å²) in [6.07, 6.45) is 4.05. The Morgan fingerprint density at radius 3 is 2.29 bits per heavy atom. The quantitative estimate of drug-likeness (QED) is 0.725. The highest BCUT2D eigenvalue weighted by Gasteiger charge is 2.47. The molecule has 0 aromatic carbocycles. The van der Waals surface area contributed by atoms with Gasteiger partial charge in [-0.1, -0.05) is 6.92 Å². The van der Waals surface area contributed by atoms with Gasteiger partial charge in [-0.2, -0.15) is 0 Å². The third-order valence-corrected chi connectivity index (χ3v) is 4.44. The summed E-state index contributed by atoms with van der Waals surface area (Å²) >= 11 is 0. The van der Waals surface area contributed by atoms with Crippen molar-refractivity contribution in [2.75, 3.05) is 26.2 Å². The molecule has 2 aliphatic heterocycles. The van der Waals surface area contributed by atoms with Crippen molar-refractivity contribution in [2.24, 2.45) is 5.41 Å². The van der Waals surface area contributed by atoms with E-state index >= 15 is 0 Å². The summed E-state index contributed by atoms with van der Waals surface area (Å²) in [6, 6.07) is 0. The van der Waals surface area contributed by atoms with E-state index < -0.39 is 0 Å². The predicted molar refractivity (Wildman–Crippen MR) is 60.5 cm³/mol. The van der Waals surface area contributed by atoms with Crippen LogP contribution in [0.4, 0.5) is 0 Å². The third kappa shape index (κ3) is 1.70.